The Morgan fingerprint density at radius 3 is 1.07 bits per heavy atom. The first kappa shape index (κ1) is 101. The molecule has 20 heterocycles. The average Bonchev–Trinajstić information content (AvgIpc) is 1.70. The standard InChI is InChI=1S/C18H26N6O.C17H26N6O2.C17H24N6O.C16H19N7O.C16H24N6O2.C15H19N9/c25-18(20-15-4-2-1-3-5-15)14-22-10-12-23(13-11-22)17-7-6-16-19-8-9-24(16)21-17;1-14-12-21(13-17(24)19-6-3-11-25-2)9-10-22(14)16-5-4-15-18-7-8-23(15)20-16;24-17(19-14-3-1-2-4-14)13-21-9-11-22(12-10-21)16-6-5-15-18-7-8-23(15)20-16;1-2-12(1)16-18-15(24-20-16)11-21-7-9-22(10-8-21)14-4-3-13-17-5-6-23(13)19-14;1-24-12-2-5-18-16(23)13-20-8-10-21(11-9-20)15-4-3-14-17-6-7-22(14)19-15;1-2-12(1)24-15(17-19-20-24)11-21-7-9-22(10-8-21)14-4-3-13-16-5-6-23(13)18-14/h6-9,15H,1-5,10-14H2,(H,20,25);4-5,7-8,14H,3,6,9-13H2,1-2H3,(H,19,24);5-8,14H,1-4,9-13H2,(H,19,24);3-6,12H,1-2,7-11H2;3-4,6-7H,2,5,8-13H2,1H3,(H,18,23);3-6,12H,1-2,7-11H2. The van der Waals surface area contributed by atoms with Crippen molar-refractivity contribution in [1.82, 2.24) is 169 Å². The second-order valence-electron chi connectivity index (χ2n) is 39.1. The number of imidazole rings is 6. The SMILES string of the molecule is COCCCNC(=O)CN1CCN(c2ccc3nccn3n2)C(C)C1.COCCCNC(=O)CN1CCN(c2ccc3nccn3n2)CC1.O=C(CN1CCN(c2ccc3nccn3n2)CC1)NC1CCCC1.O=C(CN1CCN(c2ccc3nccn3n2)CC1)NC1CCCCC1.c1cn2nc(N3CCN(Cc4nc(C5CC5)no4)CC3)ccc2n1.c1cn2nc(N3CCN(Cc4nnnn4C4CC4)CC3)ccc2n1. The van der Waals surface area contributed by atoms with Crippen LogP contribution in [0, 0.1) is 0 Å². The number of hydrogen-bond donors (Lipinski definition) is 4. The number of methoxy groups -OCH3 is 2. The summed E-state index contributed by atoms with van der Waals surface area (Å²) >= 11 is 0. The Morgan fingerprint density at radius 2 is 0.705 bits per heavy atom. The summed E-state index contributed by atoms with van der Waals surface area (Å²) in [6.45, 7) is 29.1. The second kappa shape index (κ2) is 49.9. The highest BCUT2D eigenvalue weighted by molar-refractivity contribution is 5.80. The van der Waals surface area contributed by atoms with Crippen LogP contribution in [0.25, 0.3) is 33.9 Å². The van der Waals surface area contributed by atoms with Gasteiger partial charge in [-0.1, -0.05) is 37.3 Å². The molecule has 776 valence electrons. The van der Waals surface area contributed by atoms with Gasteiger partial charge in [-0.25, -0.2) is 61.7 Å². The zero-order valence-electron chi connectivity index (χ0n) is 84.1. The van der Waals surface area contributed by atoms with E-state index in [4.69, 9.17) is 14.0 Å². The van der Waals surface area contributed by atoms with Crippen LogP contribution in [0.3, 0.4) is 0 Å². The van der Waals surface area contributed by atoms with Crippen LogP contribution in [0.15, 0.2) is 152 Å². The minimum Gasteiger partial charge on any atom is -0.385 e. The molecule has 1 atom stereocenters. The van der Waals surface area contributed by atoms with Crippen molar-refractivity contribution in [2.45, 2.75) is 146 Å². The molecule has 4 N–H and O–H groups in total. The van der Waals surface area contributed by atoms with Gasteiger partial charge in [0.15, 0.2) is 45.5 Å². The number of rotatable bonds is 30. The first-order valence-corrected chi connectivity index (χ1v) is 52.1. The summed E-state index contributed by atoms with van der Waals surface area (Å²) in [7, 11) is 3.34. The average molecular weight is 2000 g/mol. The Morgan fingerprint density at radius 1 is 0.370 bits per heavy atom. The van der Waals surface area contributed by atoms with Crippen molar-refractivity contribution in [2.24, 2.45) is 0 Å². The fraction of sp³-hybridized carbons (Fsp3) is 0.566. The summed E-state index contributed by atoms with van der Waals surface area (Å²) in [6.07, 6.45) is 39.1. The molecule has 4 aliphatic carbocycles. The largest absolute Gasteiger partial charge is 0.385 e. The van der Waals surface area contributed by atoms with Crippen molar-refractivity contribution in [3.63, 3.8) is 0 Å². The lowest BCUT2D eigenvalue weighted by Gasteiger charge is -2.40. The highest BCUT2D eigenvalue weighted by Gasteiger charge is 2.34. The fourth-order valence-electron chi connectivity index (χ4n) is 19.8. The molecule has 0 aromatic carbocycles. The molecule has 6 aliphatic heterocycles. The van der Waals surface area contributed by atoms with E-state index in [1.165, 1.54) is 57.8 Å². The van der Waals surface area contributed by atoms with Gasteiger partial charge < -0.3 is 64.7 Å². The summed E-state index contributed by atoms with van der Waals surface area (Å²) in [5.41, 5.74) is 5.18. The number of aromatic nitrogens is 24. The Balaban J connectivity index is 0.000000111. The molecule has 47 heteroatoms. The minimum absolute atomic E-state index is 0.0784. The molecule has 1 unspecified atom stereocenters. The molecule has 146 heavy (non-hydrogen) atoms. The normalized spacial score (nSPS) is 18.8. The third kappa shape index (κ3) is 27.9. The van der Waals surface area contributed by atoms with Crippen LogP contribution in [0.5, 0.6) is 0 Å². The molecule has 10 aliphatic rings. The van der Waals surface area contributed by atoms with E-state index in [0.717, 1.165) is 288 Å². The number of hydrogen-bond acceptors (Lipinski definition) is 36. The van der Waals surface area contributed by atoms with Crippen LogP contribution in [0.4, 0.5) is 34.9 Å². The number of tetrazole rings is 1. The summed E-state index contributed by atoms with van der Waals surface area (Å²) in [5, 5.41) is 56.2. The van der Waals surface area contributed by atoms with Gasteiger partial charge in [0.2, 0.25) is 29.5 Å². The monoisotopic (exact) mass is 2000 g/mol. The Bertz CT molecular complexity index is 6450. The number of carbonyl (C=O) groups excluding carboxylic acids is 4. The van der Waals surface area contributed by atoms with Crippen LogP contribution < -0.4 is 50.7 Å². The van der Waals surface area contributed by atoms with Gasteiger partial charge in [0.05, 0.1) is 45.3 Å². The van der Waals surface area contributed by atoms with Gasteiger partial charge in [-0.15, -0.1) is 35.7 Å². The topological polar surface area (TPSA) is 437 Å². The molecule has 14 aromatic rings. The maximum atomic E-state index is 12.3. The number of ether oxygens (including phenoxy) is 2. The Hall–Kier alpha value is -13.7. The number of fused-ring (bicyclic) bond motifs is 6. The van der Waals surface area contributed by atoms with Gasteiger partial charge in [-0.05, 0) is 154 Å². The fourth-order valence-corrected chi connectivity index (χ4v) is 19.8. The summed E-state index contributed by atoms with van der Waals surface area (Å²) in [5.74, 6) is 9.51. The van der Waals surface area contributed by atoms with E-state index in [-0.39, 0.29) is 23.6 Å². The third-order valence-corrected chi connectivity index (χ3v) is 28.4. The van der Waals surface area contributed by atoms with Crippen LogP contribution in [-0.4, -0.2) is 406 Å². The molecule has 47 nitrogen and oxygen atoms in total. The van der Waals surface area contributed by atoms with Gasteiger partial charge >= 0.3 is 0 Å². The number of piperazine rings is 6. The van der Waals surface area contributed by atoms with E-state index in [0.29, 0.717) is 82.6 Å². The maximum absolute atomic E-state index is 12.3. The number of amides is 4. The molecular weight excluding hydrogens is 1860 g/mol. The minimum atomic E-state index is 0.0784. The molecule has 0 radical (unpaired) electrons. The highest BCUT2D eigenvalue weighted by Crippen LogP contribution is 2.39. The lowest BCUT2D eigenvalue weighted by molar-refractivity contribution is -0.124. The van der Waals surface area contributed by atoms with Crippen LogP contribution in [0.1, 0.15) is 133 Å². The van der Waals surface area contributed by atoms with Crippen molar-refractivity contribution < 1.29 is 33.2 Å². The first-order chi connectivity index (χ1) is 71.7. The predicted molar refractivity (Wildman–Crippen MR) is 549 cm³/mol. The summed E-state index contributed by atoms with van der Waals surface area (Å²) < 4.78 is 28.2. The zero-order chi connectivity index (χ0) is 99.7. The highest BCUT2D eigenvalue weighted by atomic mass is 16.5. The smallest absolute Gasteiger partial charge is 0.240 e. The van der Waals surface area contributed by atoms with Gasteiger partial charge in [0.25, 0.3) is 0 Å². The molecule has 4 amide bonds. The van der Waals surface area contributed by atoms with Gasteiger partial charge in [-0.2, -0.15) is 4.98 Å². The predicted octanol–water partition coefficient (Wildman–Crippen LogP) is 4.29. The number of nitrogens with one attached hydrogen (secondary N) is 4. The van der Waals surface area contributed by atoms with Crippen LogP contribution in [-0.2, 0) is 41.7 Å². The lowest BCUT2D eigenvalue weighted by atomic mass is 9.95. The van der Waals surface area contributed by atoms with Crippen LogP contribution >= 0.6 is 0 Å². The summed E-state index contributed by atoms with van der Waals surface area (Å²) in [6, 6.07) is 25.7. The third-order valence-electron chi connectivity index (χ3n) is 28.4. The van der Waals surface area contributed by atoms with E-state index in [1.54, 1.807) is 69.5 Å². The van der Waals surface area contributed by atoms with Crippen molar-refractivity contribution in [3.05, 3.63) is 165 Å². The number of nitrogens with zero attached hydrogens (tertiary/aromatic N) is 36. The van der Waals surface area contributed by atoms with Gasteiger partial charge in [0.1, 0.15) is 34.9 Å². The maximum Gasteiger partial charge on any atom is 0.240 e. The first-order valence-electron chi connectivity index (χ1n) is 52.1. The second-order valence-corrected chi connectivity index (χ2v) is 39.1. The molecule has 4 saturated carbocycles. The van der Waals surface area contributed by atoms with E-state index in [2.05, 4.69) is 173 Å². The summed E-state index contributed by atoms with van der Waals surface area (Å²) in [4.78, 5) is 106. The molecule has 0 bridgehead atoms. The van der Waals surface area contributed by atoms with Crippen molar-refractivity contribution in [2.75, 3.05) is 247 Å². The lowest BCUT2D eigenvalue weighted by Crippen LogP contribution is -2.54. The molecular formula is C99H138N40O7. The Kier molecular flexibility index (Phi) is 34.5. The van der Waals surface area contributed by atoms with Gasteiger partial charge in [-0.3, -0.25) is 48.6 Å². The number of anilines is 6. The molecule has 6 saturated heterocycles. The van der Waals surface area contributed by atoms with Crippen molar-refractivity contribution >= 4 is 92.4 Å². The van der Waals surface area contributed by atoms with E-state index >= 15 is 0 Å². The van der Waals surface area contributed by atoms with E-state index in [9.17, 15) is 19.2 Å². The quantitative estimate of drug-likeness (QED) is 0.0456. The molecule has 24 rings (SSSR count). The molecule has 14 aromatic heterocycles. The van der Waals surface area contributed by atoms with Crippen molar-refractivity contribution in [1.29, 1.82) is 0 Å². The molecule has 10 fully saturated rings. The van der Waals surface area contributed by atoms with E-state index in [1.807, 2.05) is 124 Å². The number of carbonyl (C=O) groups is 4. The van der Waals surface area contributed by atoms with Gasteiger partial charge in [0, 0.05) is 289 Å². The molecule has 0 spiro atoms. The van der Waals surface area contributed by atoms with E-state index < -0.39 is 0 Å². The van der Waals surface area contributed by atoms with Crippen LogP contribution in [0.2, 0.25) is 0 Å². The van der Waals surface area contributed by atoms with Crippen molar-refractivity contribution in [3.8, 4) is 0 Å². The zero-order valence-corrected chi connectivity index (χ0v) is 84.1. The Labute approximate surface area is 847 Å².